The molecule has 0 radical (unpaired) electrons. The minimum Gasteiger partial charge on any atom is -0.493 e. The Morgan fingerprint density at radius 1 is 1.11 bits per heavy atom. The average molecular weight is 266 g/mol. The Balaban J connectivity index is 2.35. The van der Waals surface area contributed by atoms with E-state index in [1.54, 1.807) is 21.3 Å². The molecule has 1 unspecified atom stereocenters. The molecule has 106 valence electrons. The van der Waals surface area contributed by atoms with Gasteiger partial charge in [0.25, 0.3) is 0 Å². The van der Waals surface area contributed by atoms with E-state index in [1.165, 1.54) is 0 Å². The van der Waals surface area contributed by atoms with Crippen LogP contribution in [-0.2, 0) is 0 Å². The molecule has 1 aromatic carbocycles. The predicted molar refractivity (Wildman–Crippen MR) is 75.5 cm³/mol. The third-order valence-corrected chi connectivity index (χ3v) is 3.47. The van der Waals surface area contributed by atoms with Crippen molar-refractivity contribution < 1.29 is 14.2 Å². The lowest BCUT2D eigenvalue weighted by Gasteiger charge is -2.33. The Bertz CT molecular complexity index is 412. The van der Waals surface area contributed by atoms with Gasteiger partial charge in [-0.25, -0.2) is 0 Å². The van der Waals surface area contributed by atoms with E-state index in [-0.39, 0.29) is 6.04 Å². The van der Waals surface area contributed by atoms with Crippen LogP contribution in [0.3, 0.4) is 0 Å². The van der Waals surface area contributed by atoms with Crippen molar-refractivity contribution in [3.63, 3.8) is 0 Å². The minimum atomic E-state index is 0.229. The minimum absolute atomic E-state index is 0.229. The zero-order valence-electron chi connectivity index (χ0n) is 11.8. The van der Waals surface area contributed by atoms with Gasteiger partial charge in [-0.05, 0) is 12.8 Å². The van der Waals surface area contributed by atoms with Gasteiger partial charge < -0.3 is 24.8 Å². The van der Waals surface area contributed by atoms with Crippen LogP contribution in [-0.4, -0.2) is 40.5 Å². The fourth-order valence-electron chi connectivity index (χ4n) is 2.49. The second-order valence-electron chi connectivity index (χ2n) is 4.73. The summed E-state index contributed by atoms with van der Waals surface area (Å²) in [5.41, 5.74) is 7.09. The first-order valence-corrected chi connectivity index (χ1v) is 6.50. The third-order valence-electron chi connectivity index (χ3n) is 3.47. The van der Waals surface area contributed by atoms with Crippen molar-refractivity contribution in [2.75, 3.05) is 39.3 Å². The summed E-state index contributed by atoms with van der Waals surface area (Å²) in [5, 5.41) is 0. The van der Waals surface area contributed by atoms with E-state index < -0.39 is 0 Å². The van der Waals surface area contributed by atoms with Gasteiger partial charge >= 0.3 is 0 Å². The van der Waals surface area contributed by atoms with E-state index in [4.69, 9.17) is 19.9 Å². The largest absolute Gasteiger partial charge is 0.493 e. The second-order valence-corrected chi connectivity index (χ2v) is 4.73. The lowest BCUT2D eigenvalue weighted by Crippen LogP contribution is -2.42. The average Bonchev–Trinajstić information content (AvgIpc) is 2.45. The highest BCUT2D eigenvalue weighted by Crippen LogP contribution is 2.41. The molecule has 0 spiro atoms. The number of piperidine rings is 1. The molecule has 1 aliphatic rings. The van der Waals surface area contributed by atoms with Gasteiger partial charge in [-0.3, -0.25) is 0 Å². The topological polar surface area (TPSA) is 57.0 Å². The van der Waals surface area contributed by atoms with Crippen molar-refractivity contribution in [2.24, 2.45) is 5.73 Å². The maximum atomic E-state index is 6.03. The fraction of sp³-hybridized carbons (Fsp3) is 0.571. The molecule has 1 aliphatic heterocycles. The molecule has 5 nitrogen and oxygen atoms in total. The Morgan fingerprint density at radius 2 is 1.74 bits per heavy atom. The molecule has 5 heteroatoms. The Hall–Kier alpha value is -1.62. The lowest BCUT2D eigenvalue weighted by molar-refractivity contribution is 0.324. The summed E-state index contributed by atoms with van der Waals surface area (Å²) in [6.45, 7) is 1.87. The summed E-state index contributed by atoms with van der Waals surface area (Å²) in [5.74, 6) is 1.97. The predicted octanol–water partition coefficient (Wildman–Crippen LogP) is 1.64. The molecular formula is C14H22N2O3. The molecule has 1 heterocycles. The van der Waals surface area contributed by atoms with Gasteiger partial charge in [-0.15, -0.1) is 0 Å². The number of hydrogen-bond donors (Lipinski definition) is 1. The quantitative estimate of drug-likeness (QED) is 0.898. The molecular weight excluding hydrogens is 244 g/mol. The first-order chi connectivity index (χ1) is 9.19. The van der Waals surface area contributed by atoms with Crippen molar-refractivity contribution >= 4 is 5.69 Å². The summed E-state index contributed by atoms with van der Waals surface area (Å²) in [6, 6.07) is 4.17. The van der Waals surface area contributed by atoms with Crippen LogP contribution >= 0.6 is 0 Å². The normalized spacial score (nSPS) is 19.2. The lowest BCUT2D eigenvalue weighted by atomic mass is 10.1. The molecule has 0 aliphatic carbocycles. The van der Waals surface area contributed by atoms with Crippen LogP contribution in [0.1, 0.15) is 12.8 Å². The molecule has 0 bridgehead atoms. The van der Waals surface area contributed by atoms with Crippen molar-refractivity contribution in [3.05, 3.63) is 12.1 Å². The smallest absolute Gasteiger partial charge is 0.203 e. The molecule has 1 aromatic rings. The number of benzene rings is 1. The molecule has 0 saturated carbocycles. The number of nitrogens with zero attached hydrogens (tertiary/aromatic N) is 1. The number of nitrogens with two attached hydrogens (primary N) is 1. The molecule has 2 N–H and O–H groups in total. The second kappa shape index (κ2) is 6.02. The maximum Gasteiger partial charge on any atom is 0.203 e. The Morgan fingerprint density at radius 3 is 2.21 bits per heavy atom. The standard InChI is InChI=1S/C14H22N2O3/c1-17-12-7-11(8-13(18-2)14(12)19-3)16-6-4-5-10(15)9-16/h7-8,10H,4-6,9,15H2,1-3H3. The van der Waals surface area contributed by atoms with Crippen molar-refractivity contribution in [3.8, 4) is 17.2 Å². The first-order valence-electron chi connectivity index (χ1n) is 6.50. The van der Waals surface area contributed by atoms with E-state index in [0.29, 0.717) is 17.2 Å². The van der Waals surface area contributed by atoms with E-state index in [2.05, 4.69) is 4.90 Å². The SMILES string of the molecule is COc1cc(N2CCCC(N)C2)cc(OC)c1OC. The highest BCUT2D eigenvalue weighted by atomic mass is 16.5. The summed E-state index contributed by atoms with van der Waals surface area (Å²) in [7, 11) is 4.86. The van der Waals surface area contributed by atoms with E-state index in [9.17, 15) is 0 Å². The zero-order valence-corrected chi connectivity index (χ0v) is 11.8. The highest BCUT2D eigenvalue weighted by Gasteiger charge is 2.20. The highest BCUT2D eigenvalue weighted by molar-refractivity contribution is 5.63. The van der Waals surface area contributed by atoms with Crippen LogP contribution in [0, 0.1) is 0 Å². The van der Waals surface area contributed by atoms with Gasteiger partial charge in [0.05, 0.1) is 21.3 Å². The number of anilines is 1. The van der Waals surface area contributed by atoms with Crippen molar-refractivity contribution in [2.45, 2.75) is 18.9 Å². The molecule has 1 saturated heterocycles. The molecule has 1 atom stereocenters. The van der Waals surface area contributed by atoms with E-state index in [1.807, 2.05) is 12.1 Å². The molecule has 2 rings (SSSR count). The summed E-state index contributed by atoms with van der Waals surface area (Å²) in [4.78, 5) is 2.26. The summed E-state index contributed by atoms with van der Waals surface area (Å²) in [6.07, 6.45) is 2.19. The van der Waals surface area contributed by atoms with Crippen molar-refractivity contribution in [1.29, 1.82) is 0 Å². The zero-order chi connectivity index (χ0) is 13.8. The van der Waals surface area contributed by atoms with Crippen LogP contribution < -0.4 is 24.8 Å². The van der Waals surface area contributed by atoms with Crippen LogP contribution in [0.15, 0.2) is 12.1 Å². The van der Waals surface area contributed by atoms with Crippen molar-refractivity contribution in [1.82, 2.24) is 0 Å². The summed E-state index contributed by atoms with van der Waals surface area (Å²) < 4.78 is 16.1. The maximum absolute atomic E-state index is 6.03. The molecule has 0 amide bonds. The van der Waals surface area contributed by atoms with Gasteiger partial charge in [-0.1, -0.05) is 0 Å². The van der Waals surface area contributed by atoms with Crippen LogP contribution in [0.25, 0.3) is 0 Å². The summed E-state index contributed by atoms with van der Waals surface area (Å²) >= 11 is 0. The van der Waals surface area contributed by atoms with E-state index >= 15 is 0 Å². The van der Waals surface area contributed by atoms with Crippen LogP contribution in [0.5, 0.6) is 17.2 Å². The number of ether oxygens (including phenoxy) is 3. The number of rotatable bonds is 4. The molecule has 1 fully saturated rings. The Labute approximate surface area is 114 Å². The fourth-order valence-corrected chi connectivity index (χ4v) is 2.49. The third kappa shape index (κ3) is 2.87. The van der Waals surface area contributed by atoms with Gasteiger partial charge in [0, 0.05) is 37.0 Å². The Kier molecular flexibility index (Phi) is 4.37. The first kappa shape index (κ1) is 13.8. The molecule has 0 aromatic heterocycles. The van der Waals surface area contributed by atoms with Crippen LogP contribution in [0.2, 0.25) is 0 Å². The van der Waals surface area contributed by atoms with Gasteiger partial charge in [0.2, 0.25) is 5.75 Å². The number of hydrogen-bond acceptors (Lipinski definition) is 5. The van der Waals surface area contributed by atoms with Gasteiger partial charge in [0.15, 0.2) is 11.5 Å². The van der Waals surface area contributed by atoms with Crippen LogP contribution in [0.4, 0.5) is 5.69 Å². The molecule has 19 heavy (non-hydrogen) atoms. The van der Waals surface area contributed by atoms with E-state index in [0.717, 1.165) is 31.6 Å². The van der Waals surface area contributed by atoms with Gasteiger partial charge in [0.1, 0.15) is 0 Å². The van der Waals surface area contributed by atoms with Gasteiger partial charge in [-0.2, -0.15) is 0 Å². The number of methoxy groups -OCH3 is 3. The monoisotopic (exact) mass is 266 g/mol.